The number of nitro groups is 1. The number of amides is 2. The summed E-state index contributed by atoms with van der Waals surface area (Å²) in [7, 11) is 1.61. The van der Waals surface area contributed by atoms with E-state index in [1.807, 2.05) is 66.0 Å². The minimum Gasteiger partial charge on any atom is -0.497 e. The van der Waals surface area contributed by atoms with Gasteiger partial charge in [-0.2, -0.15) is 0 Å². The highest BCUT2D eigenvalue weighted by Crippen LogP contribution is 2.38. The van der Waals surface area contributed by atoms with E-state index in [-0.39, 0.29) is 17.2 Å². The quantitative estimate of drug-likeness (QED) is 0.0975. The molecule has 1 atom stereocenters. The highest BCUT2D eigenvalue weighted by atomic mass is 32.2. The standard InChI is InChI=1S/C31H24N4O5S2/c1-40-25-16-12-20(13-17-25)27-19-41-31(33-27)34-30(37)28(21-6-3-2-4-7-21)42-26-9-5-8-23(18-26)32-29(36)22-10-14-24(15-11-22)35(38)39/h2-19,28H,1H3,(H,32,36)(H,33,34,37). The van der Waals surface area contributed by atoms with Gasteiger partial charge in [0.25, 0.3) is 11.6 Å². The lowest BCUT2D eigenvalue weighted by Gasteiger charge is -2.17. The molecule has 0 fully saturated rings. The maximum absolute atomic E-state index is 13.6. The summed E-state index contributed by atoms with van der Waals surface area (Å²) < 4.78 is 5.22. The predicted molar refractivity (Wildman–Crippen MR) is 165 cm³/mol. The molecule has 0 aliphatic rings. The number of hydrogen-bond donors (Lipinski definition) is 2. The number of non-ortho nitro benzene ring substituents is 1. The number of aromatic nitrogens is 1. The third kappa shape index (κ3) is 7.00. The summed E-state index contributed by atoms with van der Waals surface area (Å²) in [6, 6.07) is 29.5. The third-order valence-electron chi connectivity index (χ3n) is 6.15. The van der Waals surface area contributed by atoms with Crippen LogP contribution in [-0.2, 0) is 4.79 Å². The number of nitrogens with one attached hydrogen (secondary N) is 2. The van der Waals surface area contributed by atoms with Crippen LogP contribution in [-0.4, -0.2) is 28.8 Å². The minimum atomic E-state index is -0.597. The van der Waals surface area contributed by atoms with Gasteiger partial charge < -0.3 is 15.4 Å². The summed E-state index contributed by atoms with van der Waals surface area (Å²) in [4.78, 5) is 42.0. The fraction of sp³-hybridized carbons (Fsp3) is 0.0645. The van der Waals surface area contributed by atoms with Crippen LogP contribution in [0.4, 0.5) is 16.5 Å². The van der Waals surface area contributed by atoms with Crippen molar-refractivity contribution in [1.82, 2.24) is 4.98 Å². The summed E-state index contributed by atoms with van der Waals surface area (Å²) >= 11 is 2.69. The molecule has 0 saturated carbocycles. The summed E-state index contributed by atoms with van der Waals surface area (Å²) in [5.41, 5.74) is 3.20. The van der Waals surface area contributed by atoms with E-state index in [0.717, 1.165) is 27.5 Å². The molecule has 5 rings (SSSR count). The Balaban J connectivity index is 1.31. The Morgan fingerprint density at radius 2 is 1.67 bits per heavy atom. The number of benzene rings is 4. The Hall–Kier alpha value is -5.00. The molecule has 0 spiro atoms. The van der Waals surface area contributed by atoms with Gasteiger partial charge in [0.15, 0.2) is 5.13 Å². The Bertz CT molecular complexity index is 1710. The Kier molecular flexibility index (Phi) is 8.90. The second kappa shape index (κ2) is 13.1. The molecule has 0 saturated heterocycles. The van der Waals surface area contributed by atoms with Crippen molar-refractivity contribution in [3.8, 4) is 17.0 Å². The molecule has 2 N–H and O–H groups in total. The van der Waals surface area contributed by atoms with Gasteiger partial charge in [0.05, 0.1) is 17.7 Å². The van der Waals surface area contributed by atoms with Gasteiger partial charge in [-0.1, -0.05) is 36.4 Å². The zero-order chi connectivity index (χ0) is 29.5. The van der Waals surface area contributed by atoms with Crippen molar-refractivity contribution in [2.45, 2.75) is 10.1 Å². The molecule has 2 amide bonds. The van der Waals surface area contributed by atoms with Crippen LogP contribution in [0, 0.1) is 10.1 Å². The van der Waals surface area contributed by atoms with E-state index in [0.29, 0.717) is 10.8 Å². The molecule has 210 valence electrons. The number of nitrogens with zero attached hydrogens (tertiary/aromatic N) is 2. The van der Waals surface area contributed by atoms with Gasteiger partial charge >= 0.3 is 0 Å². The van der Waals surface area contributed by atoms with Crippen molar-refractivity contribution in [3.05, 3.63) is 130 Å². The molecule has 5 aromatic rings. The van der Waals surface area contributed by atoms with Crippen LogP contribution in [0.3, 0.4) is 0 Å². The van der Waals surface area contributed by atoms with Gasteiger partial charge in [-0.05, 0) is 60.2 Å². The van der Waals surface area contributed by atoms with Crippen molar-refractivity contribution in [2.75, 3.05) is 17.7 Å². The van der Waals surface area contributed by atoms with Gasteiger partial charge in [-0.15, -0.1) is 23.1 Å². The van der Waals surface area contributed by atoms with Crippen molar-refractivity contribution in [2.24, 2.45) is 0 Å². The van der Waals surface area contributed by atoms with Gasteiger partial charge in [-0.3, -0.25) is 19.7 Å². The maximum Gasteiger partial charge on any atom is 0.269 e. The van der Waals surface area contributed by atoms with Crippen LogP contribution in [0.25, 0.3) is 11.3 Å². The average molecular weight is 597 g/mol. The Labute approximate surface area is 249 Å². The SMILES string of the molecule is COc1ccc(-c2csc(NC(=O)C(Sc3cccc(NC(=O)c4ccc([N+](=O)[O-])cc4)c3)c3ccccc3)n2)cc1. The first kappa shape index (κ1) is 28.5. The van der Waals surface area contributed by atoms with Gasteiger partial charge in [0.2, 0.25) is 5.91 Å². The van der Waals surface area contributed by atoms with Gasteiger partial charge in [-0.25, -0.2) is 4.98 Å². The van der Waals surface area contributed by atoms with Gasteiger partial charge in [0.1, 0.15) is 11.0 Å². The van der Waals surface area contributed by atoms with E-state index in [1.54, 1.807) is 25.3 Å². The number of ether oxygens (including phenoxy) is 1. The first-order chi connectivity index (χ1) is 20.4. The van der Waals surface area contributed by atoms with E-state index in [1.165, 1.54) is 47.4 Å². The molecular weight excluding hydrogens is 572 g/mol. The van der Waals surface area contributed by atoms with Crippen molar-refractivity contribution in [1.29, 1.82) is 0 Å². The third-order valence-corrected chi connectivity index (χ3v) is 8.15. The number of hydrogen-bond acceptors (Lipinski definition) is 8. The molecule has 1 heterocycles. The highest BCUT2D eigenvalue weighted by molar-refractivity contribution is 8.00. The summed E-state index contributed by atoms with van der Waals surface area (Å²) in [5, 5.41) is 18.4. The minimum absolute atomic E-state index is 0.0927. The number of methoxy groups -OCH3 is 1. The number of carbonyl (C=O) groups is 2. The van der Waals surface area contributed by atoms with Crippen LogP contribution in [0.15, 0.2) is 113 Å². The molecule has 0 bridgehead atoms. The Morgan fingerprint density at radius 3 is 2.36 bits per heavy atom. The predicted octanol–water partition coefficient (Wildman–Crippen LogP) is 7.45. The number of nitro benzene ring substituents is 1. The number of thioether (sulfide) groups is 1. The molecule has 9 nitrogen and oxygen atoms in total. The van der Waals surface area contributed by atoms with Crippen molar-refractivity contribution < 1.29 is 19.2 Å². The molecule has 4 aromatic carbocycles. The van der Waals surface area contributed by atoms with Crippen LogP contribution in [0.5, 0.6) is 5.75 Å². The fourth-order valence-electron chi connectivity index (χ4n) is 4.02. The second-order valence-corrected chi connectivity index (χ2v) is 11.0. The molecule has 42 heavy (non-hydrogen) atoms. The molecule has 1 aromatic heterocycles. The van der Waals surface area contributed by atoms with Crippen LogP contribution in [0.1, 0.15) is 21.2 Å². The first-order valence-corrected chi connectivity index (χ1v) is 14.4. The molecule has 11 heteroatoms. The molecular formula is C31H24N4O5S2. The number of anilines is 2. The van der Waals surface area contributed by atoms with E-state index < -0.39 is 16.1 Å². The number of rotatable bonds is 10. The number of thiazole rings is 1. The van der Waals surface area contributed by atoms with E-state index in [2.05, 4.69) is 15.6 Å². The summed E-state index contributed by atoms with van der Waals surface area (Å²) in [6.45, 7) is 0. The maximum atomic E-state index is 13.6. The lowest BCUT2D eigenvalue weighted by molar-refractivity contribution is -0.384. The van der Waals surface area contributed by atoms with E-state index >= 15 is 0 Å². The van der Waals surface area contributed by atoms with Crippen molar-refractivity contribution in [3.63, 3.8) is 0 Å². The largest absolute Gasteiger partial charge is 0.497 e. The number of carbonyl (C=O) groups excluding carboxylic acids is 2. The molecule has 1 unspecified atom stereocenters. The summed E-state index contributed by atoms with van der Waals surface area (Å²) in [6.07, 6.45) is 0. The van der Waals surface area contributed by atoms with E-state index in [9.17, 15) is 19.7 Å². The molecule has 0 radical (unpaired) electrons. The Morgan fingerprint density at radius 1 is 0.929 bits per heavy atom. The van der Waals surface area contributed by atoms with Gasteiger partial charge in [0, 0.05) is 39.2 Å². The molecule has 0 aliphatic heterocycles. The zero-order valence-corrected chi connectivity index (χ0v) is 23.9. The lowest BCUT2D eigenvalue weighted by atomic mass is 10.1. The summed E-state index contributed by atoms with van der Waals surface area (Å²) in [5.74, 6) is 0.114. The van der Waals surface area contributed by atoms with Crippen LogP contribution >= 0.6 is 23.1 Å². The normalized spacial score (nSPS) is 11.4. The lowest BCUT2D eigenvalue weighted by Crippen LogP contribution is -2.19. The van der Waals surface area contributed by atoms with Crippen molar-refractivity contribution >= 4 is 51.4 Å². The van der Waals surface area contributed by atoms with E-state index in [4.69, 9.17) is 4.74 Å². The van der Waals surface area contributed by atoms with Crippen LogP contribution < -0.4 is 15.4 Å². The topological polar surface area (TPSA) is 123 Å². The molecule has 0 aliphatic carbocycles. The zero-order valence-electron chi connectivity index (χ0n) is 22.2. The average Bonchev–Trinajstić information content (AvgIpc) is 3.49. The van der Waals surface area contributed by atoms with Crippen LogP contribution in [0.2, 0.25) is 0 Å². The smallest absolute Gasteiger partial charge is 0.269 e. The first-order valence-electron chi connectivity index (χ1n) is 12.7. The fourth-order valence-corrected chi connectivity index (χ4v) is 5.82. The second-order valence-electron chi connectivity index (χ2n) is 8.95. The highest BCUT2D eigenvalue weighted by Gasteiger charge is 2.23. The monoisotopic (exact) mass is 596 g/mol.